The summed E-state index contributed by atoms with van der Waals surface area (Å²) >= 11 is 0. The summed E-state index contributed by atoms with van der Waals surface area (Å²) in [6, 6.07) is -0.0903. The lowest BCUT2D eigenvalue weighted by Crippen LogP contribution is -2.33. The zero-order valence-corrected chi connectivity index (χ0v) is 13.2. The van der Waals surface area contributed by atoms with Crippen LogP contribution in [0.2, 0.25) is 0 Å². The van der Waals surface area contributed by atoms with Crippen molar-refractivity contribution in [3.63, 3.8) is 0 Å². The molecule has 0 amide bonds. The maximum Gasteiger partial charge on any atom is 0.307 e. The molecule has 2 N–H and O–H groups in total. The van der Waals surface area contributed by atoms with Crippen molar-refractivity contribution < 1.29 is 9.53 Å². The van der Waals surface area contributed by atoms with Gasteiger partial charge < -0.3 is 10.5 Å². The Morgan fingerprint density at radius 2 is 1.89 bits per heavy atom. The van der Waals surface area contributed by atoms with Gasteiger partial charge in [-0.3, -0.25) is 4.79 Å². The molecule has 1 aliphatic carbocycles. The SMILES string of the molecule is CC1CCC(OC(=O)CC(N)CC(C)(C)C)CC1C. The van der Waals surface area contributed by atoms with Crippen LogP contribution in [0.5, 0.6) is 0 Å². The average molecular weight is 269 g/mol. The highest BCUT2D eigenvalue weighted by Crippen LogP contribution is 2.31. The Bertz CT molecular complexity index is 296. The van der Waals surface area contributed by atoms with Crippen molar-refractivity contribution in [2.24, 2.45) is 23.0 Å². The van der Waals surface area contributed by atoms with E-state index in [1.54, 1.807) is 0 Å². The van der Waals surface area contributed by atoms with E-state index < -0.39 is 0 Å². The molecule has 4 unspecified atom stereocenters. The normalized spacial score (nSPS) is 29.9. The summed E-state index contributed by atoms with van der Waals surface area (Å²) in [6.45, 7) is 10.9. The van der Waals surface area contributed by atoms with Crippen LogP contribution in [0, 0.1) is 17.3 Å². The molecule has 1 rings (SSSR count). The first-order chi connectivity index (χ1) is 8.67. The third-order valence-electron chi connectivity index (χ3n) is 4.15. The van der Waals surface area contributed by atoms with Gasteiger partial charge in [-0.1, -0.05) is 34.6 Å². The molecule has 112 valence electrons. The van der Waals surface area contributed by atoms with Gasteiger partial charge in [-0.15, -0.1) is 0 Å². The zero-order valence-electron chi connectivity index (χ0n) is 13.2. The van der Waals surface area contributed by atoms with E-state index in [0.717, 1.165) is 31.6 Å². The van der Waals surface area contributed by atoms with Crippen LogP contribution in [-0.4, -0.2) is 18.1 Å². The van der Waals surface area contributed by atoms with Crippen molar-refractivity contribution in [2.45, 2.75) is 78.9 Å². The predicted octanol–water partition coefficient (Wildman–Crippen LogP) is 3.51. The van der Waals surface area contributed by atoms with E-state index in [2.05, 4.69) is 34.6 Å². The lowest BCUT2D eigenvalue weighted by molar-refractivity contribution is -0.152. The average Bonchev–Trinajstić information content (AvgIpc) is 2.20. The second-order valence-corrected chi connectivity index (χ2v) is 7.61. The summed E-state index contributed by atoms with van der Waals surface area (Å²) in [6.07, 6.45) is 4.47. The van der Waals surface area contributed by atoms with Gasteiger partial charge in [0.25, 0.3) is 0 Å². The minimum absolute atomic E-state index is 0.0903. The standard InChI is InChI=1S/C16H31NO2/c1-11-6-7-14(8-12(11)2)19-15(18)9-13(17)10-16(3,4)5/h11-14H,6-10,17H2,1-5H3. The summed E-state index contributed by atoms with van der Waals surface area (Å²) in [4.78, 5) is 11.9. The number of carbonyl (C=O) groups excluding carboxylic acids is 1. The minimum atomic E-state index is -0.122. The predicted molar refractivity (Wildman–Crippen MR) is 78.7 cm³/mol. The van der Waals surface area contributed by atoms with E-state index in [0.29, 0.717) is 12.3 Å². The first kappa shape index (κ1) is 16.5. The van der Waals surface area contributed by atoms with Crippen molar-refractivity contribution in [3.8, 4) is 0 Å². The number of hydrogen-bond acceptors (Lipinski definition) is 3. The molecule has 0 aromatic carbocycles. The number of carbonyl (C=O) groups is 1. The lowest BCUT2D eigenvalue weighted by atomic mass is 9.80. The van der Waals surface area contributed by atoms with Crippen LogP contribution in [0.4, 0.5) is 0 Å². The third-order valence-corrected chi connectivity index (χ3v) is 4.15. The number of nitrogens with two attached hydrogens (primary N) is 1. The lowest BCUT2D eigenvalue weighted by Gasteiger charge is -2.32. The first-order valence-electron chi connectivity index (χ1n) is 7.62. The van der Waals surface area contributed by atoms with Gasteiger partial charge in [-0.25, -0.2) is 0 Å². The summed E-state index contributed by atoms with van der Waals surface area (Å²) in [5.74, 6) is 1.27. The van der Waals surface area contributed by atoms with Crippen LogP contribution in [0.3, 0.4) is 0 Å². The second-order valence-electron chi connectivity index (χ2n) is 7.61. The molecular weight excluding hydrogens is 238 g/mol. The molecule has 3 heteroatoms. The second kappa shape index (κ2) is 6.74. The van der Waals surface area contributed by atoms with E-state index in [-0.39, 0.29) is 23.5 Å². The highest BCUT2D eigenvalue weighted by Gasteiger charge is 2.27. The largest absolute Gasteiger partial charge is 0.462 e. The quantitative estimate of drug-likeness (QED) is 0.795. The van der Waals surface area contributed by atoms with E-state index in [1.165, 1.54) is 0 Å². The van der Waals surface area contributed by atoms with Crippen LogP contribution in [0.25, 0.3) is 0 Å². The molecule has 0 saturated heterocycles. The molecule has 4 atom stereocenters. The molecule has 0 heterocycles. The van der Waals surface area contributed by atoms with Crippen LogP contribution in [0.15, 0.2) is 0 Å². The minimum Gasteiger partial charge on any atom is -0.462 e. The van der Waals surface area contributed by atoms with E-state index in [9.17, 15) is 4.79 Å². The Morgan fingerprint density at radius 1 is 1.26 bits per heavy atom. The molecule has 0 aliphatic heterocycles. The fraction of sp³-hybridized carbons (Fsp3) is 0.938. The summed E-state index contributed by atoms with van der Waals surface area (Å²) in [5.41, 5.74) is 6.18. The fourth-order valence-corrected chi connectivity index (χ4v) is 2.91. The zero-order chi connectivity index (χ0) is 14.6. The first-order valence-corrected chi connectivity index (χ1v) is 7.62. The van der Waals surface area contributed by atoms with Crippen LogP contribution >= 0.6 is 0 Å². The third kappa shape index (κ3) is 6.42. The topological polar surface area (TPSA) is 52.3 Å². The van der Waals surface area contributed by atoms with Crippen molar-refractivity contribution in [1.82, 2.24) is 0 Å². The van der Waals surface area contributed by atoms with E-state index in [4.69, 9.17) is 10.5 Å². The maximum atomic E-state index is 11.9. The fourth-order valence-electron chi connectivity index (χ4n) is 2.91. The smallest absolute Gasteiger partial charge is 0.307 e. The molecule has 0 aromatic heterocycles. The highest BCUT2D eigenvalue weighted by atomic mass is 16.5. The van der Waals surface area contributed by atoms with Crippen molar-refractivity contribution in [3.05, 3.63) is 0 Å². The van der Waals surface area contributed by atoms with Crippen molar-refractivity contribution >= 4 is 5.97 Å². The van der Waals surface area contributed by atoms with Crippen molar-refractivity contribution in [1.29, 1.82) is 0 Å². The van der Waals surface area contributed by atoms with Gasteiger partial charge in [-0.05, 0) is 42.9 Å². The maximum absolute atomic E-state index is 11.9. The number of hydrogen-bond donors (Lipinski definition) is 1. The van der Waals surface area contributed by atoms with Gasteiger partial charge in [-0.2, -0.15) is 0 Å². The van der Waals surface area contributed by atoms with Crippen LogP contribution in [-0.2, 0) is 9.53 Å². The summed E-state index contributed by atoms with van der Waals surface area (Å²) in [5, 5.41) is 0. The van der Waals surface area contributed by atoms with E-state index in [1.807, 2.05) is 0 Å². The number of esters is 1. The molecule has 0 spiro atoms. The molecule has 3 nitrogen and oxygen atoms in total. The Hall–Kier alpha value is -0.570. The molecule has 0 bridgehead atoms. The molecule has 19 heavy (non-hydrogen) atoms. The highest BCUT2D eigenvalue weighted by molar-refractivity contribution is 5.70. The Kier molecular flexibility index (Phi) is 5.84. The monoisotopic (exact) mass is 269 g/mol. The van der Waals surface area contributed by atoms with Gasteiger partial charge in [0.15, 0.2) is 0 Å². The molecule has 0 radical (unpaired) electrons. The molecule has 1 saturated carbocycles. The van der Waals surface area contributed by atoms with Gasteiger partial charge in [0.05, 0.1) is 6.42 Å². The van der Waals surface area contributed by atoms with E-state index >= 15 is 0 Å². The van der Waals surface area contributed by atoms with Gasteiger partial charge >= 0.3 is 5.97 Å². The van der Waals surface area contributed by atoms with Gasteiger partial charge in [0, 0.05) is 6.04 Å². The Balaban J connectivity index is 2.31. The molecular formula is C16H31NO2. The molecule has 1 aliphatic rings. The summed E-state index contributed by atoms with van der Waals surface area (Å²) < 4.78 is 5.58. The van der Waals surface area contributed by atoms with Gasteiger partial charge in [0.1, 0.15) is 6.10 Å². The van der Waals surface area contributed by atoms with Crippen molar-refractivity contribution in [2.75, 3.05) is 0 Å². The van der Waals surface area contributed by atoms with Gasteiger partial charge in [0.2, 0.25) is 0 Å². The Morgan fingerprint density at radius 3 is 2.42 bits per heavy atom. The number of ether oxygens (including phenoxy) is 1. The molecule has 1 fully saturated rings. The van der Waals surface area contributed by atoms with Crippen LogP contribution in [0.1, 0.15) is 66.7 Å². The molecule has 0 aromatic rings. The van der Waals surface area contributed by atoms with Crippen LogP contribution < -0.4 is 5.73 Å². The number of rotatable bonds is 4. The summed E-state index contributed by atoms with van der Waals surface area (Å²) in [7, 11) is 0. The Labute approximate surface area is 118 Å².